The van der Waals surface area contributed by atoms with Crippen LogP contribution in [0.3, 0.4) is 0 Å². The quantitative estimate of drug-likeness (QED) is 0.487. The Morgan fingerprint density at radius 1 is 0.720 bits per heavy atom. The van der Waals surface area contributed by atoms with Gasteiger partial charge >= 0.3 is 0 Å². The monoisotopic (exact) mass is 326 g/mol. The lowest BCUT2D eigenvalue weighted by atomic mass is 9.74. The Balaban J connectivity index is 2.10. The van der Waals surface area contributed by atoms with Gasteiger partial charge in [-0.15, -0.1) is 0 Å². The maximum atomic E-state index is 3.83. The summed E-state index contributed by atoms with van der Waals surface area (Å²) in [7, 11) is 0. The van der Waals surface area contributed by atoms with Gasteiger partial charge in [-0.05, 0) is 52.8 Å². The average Bonchev–Trinajstić information content (AvgIpc) is 2.62. The predicted molar refractivity (Wildman–Crippen MR) is 110 cm³/mol. The third-order valence-electron chi connectivity index (χ3n) is 5.21. The van der Waals surface area contributed by atoms with Gasteiger partial charge < -0.3 is 0 Å². The van der Waals surface area contributed by atoms with Crippen LogP contribution in [0.15, 0.2) is 73.3 Å². The third-order valence-corrected chi connectivity index (χ3v) is 5.21. The molecule has 126 valence electrons. The first-order chi connectivity index (χ1) is 11.9. The van der Waals surface area contributed by atoms with Gasteiger partial charge in [0.25, 0.3) is 0 Å². The Morgan fingerprint density at radius 2 is 1.32 bits per heavy atom. The lowest BCUT2D eigenvalue weighted by molar-refractivity contribution is 0.631. The van der Waals surface area contributed by atoms with Crippen molar-refractivity contribution in [1.82, 2.24) is 0 Å². The minimum Gasteiger partial charge on any atom is -0.0985 e. The molecule has 0 spiro atoms. The van der Waals surface area contributed by atoms with Crippen LogP contribution in [0.2, 0.25) is 0 Å². The second-order valence-electron chi connectivity index (χ2n) is 7.30. The van der Waals surface area contributed by atoms with Gasteiger partial charge in [-0.2, -0.15) is 0 Å². The van der Waals surface area contributed by atoms with Gasteiger partial charge in [0, 0.05) is 5.41 Å². The SMILES string of the molecule is C=Cc1ccc(-c2ccc(C)c(C(C)(C)c3ccccc3C)c2)cc1. The van der Waals surface area contributed by atoms with E-state index < -0.39 is 0 Å². The van der Waals surface area contributed by atoms with Crippen molar-refractivity contribution in [1.29, 1.82) is 0 Å². The third kappa shape index (κ3) is 3.30. The lowest BCUT2D eigenvalue weighted by Gasteiger charge is -2.30. The van der Waals surface area contributed by atoms with Gasteiger partial charge in [0.15, 0.2) is 0 Å². The van der Waals surface area contributed by atoms with Crippen LogP contribution in [0.1, 0.15) is 41.7 Å². The van der Waals surface area contributed by atoms with E-state index in [-0.39, 0.29) is 5.41 Å². The molecule has 0 amide bonds. The number of rotatable bonds is 4. The molecule has 0 saturated carbocycles. The van der Waals surface area contributed by atoms with E-state index in [0.29, 0.717) is 0 Å². The zero-order chi connectivity index (χ0) is 18.0. The molecule has 3 aromatic carbocycles. The molecule has 0 aliphatic carbocycles. The van der Waals surface area contributed by atoms with Crippen LogP contribution >= 0.6 is 0 Å². The molecule has 0 aliphatic heterocycles. The van der Waals surface area contributed by atoms with Crippen LogP contribution in [0.25, 0.3) is 17.2 Å². The van der Waals surface area contributed by atoms with Crippen molar-refractivity contribution in [3.05, 3.63) is 101 Å². The fourth-order valence-corrected chi connectivity index (χ4v) is 3.71. The van der Waals surface area contributed by atoms with Crippen molar-refractivity contribution >= 4 is 6.08 Å². The Kier molecular flexibility index (Phi) is 4.63. The van der Waals surface area contributed by atoms with E-state index in [9.17, 15) is 0 Å². The molecule has 0 heterocycles. The van der Waals surface area contributed by atoms with Gasteiger partial charge in [0.2, 0.25) is 0 Å². The van der Waals surface area contributed by atoms with Crippen LogP contribution in [0.4, 0.5) is 0 Å². The predicted octanol–water partition coefficient (Wildman–Crippen LogP) is 6.94. The zero-order valence-electron chi connectivity index (χ0n) is 15.6. The number of benzene rings is 3. The van der Waals surface area contributed by atoms with E-state index in [4.69, 9.17) is 0 Å². The summed E-state index contributed by atoms with van der Waals surface area (Å²) >= 11 is 0. The van der Waals surface area contributed by atoms with Crippen molar-refractivity contribution in [2.45, 2.75) is 33.1 Å². The highest BCUT2D eigenvalue weighted by Gasteiger charge is 2.26. The Morgan fingerprint density at radius 3 is 1.96 bits per heavy atom. The van der Waals surface area contributed by atoms with Gasteiger partial charge in [-0.3, -0.25) is 0 Å². The van der Waals surface area contributed by atoms with Crippen molar-refractivity contribution < 1.29 is 0 Å². The first kappa shape index (κ1) is 17.2. The summed E-state index contributed by atoms with van der Waals surface area (Å²) in [6, 6.07) is 24.1. The molecule has 0 bridgehead atoms. The first-order valence-electron chi connectivity index (χ1n) is 8.83. The van der Waals surface area contributed by atoms with E-state index >= 15 is 0 Å². The molecule has 3 aromatic rings. The molecular formula is C25H26. The molecule has 0 N–H and O–H groups in total. The van der Waals surface area contributed by atoms with Crippen molar-refractivity contribution in [3.8, 4) is 11.1 Å². The number of hydrogen-bond acceptors (Lipinski definition) is 0. The Labute approximate surface area is 151 Å². The molecule has 0 radical (unpaired) electrons. The number of aryl methyl sites for hydroxylation is 2. The molecule has 0 unspecified atom stereocenters. The highest BCUT2D eigenvalue weighted by molar-refractivity contribution is 5.67. The van der Waals surface area contributed by atoms with Gasteiger partial charge in [0.1, 0.15) is 0 Å². The Bertz CT molecular complexity index is 896. The second-order valence-corrected chi connectivity index (χ2v) is 7.30. The summed E-state index contributed by atoms with van der Waals surface area (Å²) < 4.78 is 0. The summed E-state index contributed by atoms with van der Waals surface area (Å²) in [4.78, 5) is 0. The maximum Gasteiger partial charge on any atom is 0.0152 e. The van der Waals surface area contributed by atoms with Crippen LogP contribution < -0.4 is 0 Å². The summed E-state index contributed by atoms with van der Waals surface area (Å²) in [5.74, 6) is 0. The van der Waals surface area contributed by atoms with Crippen LogP contribution in [-0.4, -0.2) is 0 Å². The second kappa shape index (κ2) is 6.72. The highest BCUT2D eigenvalue weighted by Crippen LogP contribution is 2.37. The summed E-state index contributed by atoms with van der Waals surface area (Å²) in [5.41, 5.74) is 9.06. The van der Waals surface area contributed by atoms with Crippen LogP contribution in [0.5, 0.6) is 0 Å². The van der Waals surface area contributed by atoms with Gasteiger partial charge in [-0.1, -0.05) is 93.2 Å². The zero-order valence-corrected chi connectivity index (χ0v) is 15.6. The largest absolute Gasteiger partial charge is 0.0985 e. The normalized spacial score (nSPS) is 11.4. The smallest absolute Gasteiger partial charge is 0.0152 e. The molecular weight excluding hydrogens is 300 g/mol. The highest BCUT2D eigenvalue weighted by atomic mass is 14.3. The molecule has 0 aromatic heterocycles. The molecule has 0 aliphatic rings. The minimum atomic E-state index is -0.0352. The fraction of sp³-hybridized carbons (Fsp3) is 0.200. The first-order valence-corrected chi connectivity index (χ1v) is 8.83. The average molecular weight is 326 g/mol. The van der Waals surface area contributed by atoms with E-state index in [0.717, 1.165) is 5.56 Å². The van der Waals surface area contributed by atoms with Crippen molar-refractivity contribution in [3.63, 3.8) is 0 Å². The number of hydrogen-bond donors (Lipinski definition) is 0. The van der Waals surface area contributed by atoms with Crippen LogP contribution in [0, 0.1) is 13.8 Å². The molecule has 25 heavy (non-hydrogen) atoms. The summed E-state index contributed by atoms with van der Waals surface area (Å²) in [5, 5.41) is 0. The topological polar surface area (TPSA) is 0 Å². The molecule has 0 nitrogen and oxygen atoms in total. The van der Waals surface area contributed by atoms with Crippen molar-refractivity contribution in [2.75, 3.05) is 0 Å². The molecule has 0 saturated heterocycles. The fourth-order valence-electron chi connectivity index (χ4n) is 3.71. The van der Waals surface area contributed by atoms with Crippen molar-refractivity contribution in [2.24, 2.45) is 0 Å². The summed E-state index contributed by atoms with van der Waals surface area (Å²) in [6.07, 6.45) is 1.88. The minimum absolute atomic E-state index is 0.0352. The Hall–Kier alpha value is -2.60. The molecule has 3 rings (SSSR count). The van der Waals surface area contributed by atoms with E-state index in [1.165, 1.54) is 33.4 Å². The van der Waals surface area contributed by atoms with Crippen LogP contribution in [-0.2, 0) is 5.41 Å². The van der Waals surface area contributed by atoms with E-state index in [1.54, 1.807) is 0 Å². The standard InChI is InChI=1S/C25H26/c1-6-20-12-15-21(16-13-20)22-14-11-19(3)24(17-22)25(4,5)23-10-8-7-9-18(23)2/h6-17H,1H2,2-5H3. The summed E-state index contributed by atoms with van der Waals surface area (Å²) in [6.45, 7) is 12.9. The lowest BCUT2D eigenvalue weighted by Crippen LogP contribution is -2.21. The van der Waals surface area contributed by atoms with Gasteiger partial charge in [0.05, 0.1) is 0 Å². The maximum absolute atomic E-state index is 3.83. The van der Waals surface area contributed by atoms with E-state index in [1.807, 2.05) is 6.08 Å². The van der Waals surface area contributed by atoms with E-state index in [2.05, 4.69) is 101 Å². The molecule has 0 fully saturated rings. The molecule has 0 atom stereocenters. The molecule has 0 heteroatoms. The van der Waals surface area contributed by atoms with Gasteiger partial charge in [-0.25, -0.2) is 0 Å².